The van der Waals surface area contributed by atoms with Crippen molar-refractivity contribution in [2.75, 3.05) is 13.6 Å². The molecular weight excluding hydrogens is 250 g/mol. The van der Waals surface area contributed by atoms with Crippen LogP contribution in [0.2, 0.25) is 0 Å². The highest BCUT2D eigenvalue weighted by Crippen LogP contribution is 2.58. The van der Waals surface area contributed by atoms with Crippen molar-refractivity contribution in [2.45, 2.75) is 55.6 Å². The first-order valence-corrected chi connectivity index (χ1v) is 7.82. The molecule has 0 aromatic heterocycles. The predicted molar refractivity (Wildman–Crippen MR) is 77.9 cm³/mol. The smallest absolute Gasteiger partial charge is 0.115 e. The minimum atomic E-state index is -0.612. The Hall–Kier alpha value is -1.06. The molecule has 3 nitrogen and oxygen atoms in total. The standard InChI is InChI=1S/C17H23NO2/c1-18-9-8-16-6-2-3-7-17(16,20)15(18)10-12-4-5-13(19)11-14(12)16/h4-5,11,15,19-20H,2-3,6-10H2,1H3/t15-,16?,17-/m1/s1. The lowest BCUT2D eigenvalue weighted by molar-refractivity contribution is -0.160. The molecule has 1 saturated carbocycles. The zero-order valence-electron chi connectivity index (χ0n) is 12.1. The number of rotatable bonds is 0. The first-order valence-electron chi connectivity index (χ1n) is 7.82. The maximum Gasteiger partial charge on any atom is 0.115 e. The van der Waals surface area contributed by atoms with Crippen LogP contribution in [0.4, 0.5) is 0 Å². The molecule has 3 heteroatoms. The highest BCUT2D eigenvalue weighted by Gasteiger charge is 2.62. The van der Waals surface area contributed by atoms with Crippen molar-refractivity contribution in [1.29, 1.82) is 0 Å². The third kappa shape index (κ3) is 1.38. The van der Waals surface area contributed by atoms with Gasteiger partial charge in [-0.2, -0.15) is 0 Å². The predicted octanol–water partition coefficient (Wildman–Crippen LogP) is 2.20. The van der Waals surface area contributed by atoms with E-state index in [1.165, 1.54) is 17.5 Å². The quantitative estimate of drug-likeness (QED) is 0.761. The molecule has 4 rings (SSSR count). The largest absolute Gasteiger partial charge is 0.508 e. The van der Waals surface area contributed by atoms with Crippen LogP contribution in [0, 0.1) is 0 Å². The molecule has 20 heavy (non-hydrogen) atoms. The fourth-order valence-corrected chi connectivity index (χ4v) is 5.22. The first-order chi connectivity index (χ1) is 9.57. The number of phenolic OH excluding ortho intramolecular Hbond substituents is 1. The summed E-state index contributed by atoms with van der Waals surface area (Å²) in [6.07, 6.45) is 6.18. The van der Waals surface area contributed by atoms with Gasteiger partial charge in [0, 0.05) is 11.5 Å². The summed E-state index contributed by atoms with van der Waals surface area (Å²) in [5.41, 5.74) is 1.81. The van der Waals surface area contributed by atoms with Crippen LogP contribution in [-0.4, -0.2) is 40.3 Å². The van der Waals surface area contributed by atoms with Gasteiger partial charge in [0.1, 0.15) is 5.75 Å². The monoisotopic (exact) mass is 273 g/mol. The molecule has 1 unspecified atom stereocenters. The maximum absolute atomic E-state index is 11.5. The second-order valence-corrected chi connectivity index (χ2v) is 7.01. The highest BCUT2D eigenvalue weighted by atomic mass is 16.3. The van der Waals surface area contributed by atoms with Gasteiger partial charge in [0.25, 0.3) is 0 Å². The van der Waals surface area contributed by atoms with Crippen LogP contribution in [0.25, 0.3) is 0 Å². The van der Waals surface area contributed by atoms with E-state index in [2.05, 4.69) is 18.0 Å². The normalized spacial score (nSPS) is 40.0. The van der Waals surface area contributed by atoms with Gasteiger partial charge in [0.15, 0.2) is 0 Å². The van der Waals surface area contributed by atoms with E-state index in [-0.39, 0.29) is 11.5 Å². The van der Waals surface area contributed by atoms with Gasteiger partial charge in [-0.1, -0.05) is 18.9 Å². The molecule has 1 saturated heterocycles. The lowest BCUT2D eigenvalue weighted by Crippen LogP contribution is -2.71. The Morgan fingerprint density at radius 1 is 1.20 bits per heavy atom. The number of hydrogen-bond donors (Lipinski definition) is 2. The Kier molecular flexibility index (Phi) is 2.52. The summed E-state index contributed by atoms with van der Waals surface area (Å²) in [4.78, 5) is 2.35. The van der Waals surface area contributed by atoms with Crippen LogP contribution in [0.3, 0.4) is 0 Å². The van der Waals surface area contributed by atoms with Gasteiger partial charge in [-0.05, 0) is 62.5 Å². The van der Waals surface area contributed by atoms with Crippen LogP contribution in [0.1, 0.15) is 43.2 Å². The van der Waals surface area contributed by atoms with E-state index < -0.39 is 5.60 Å². The van der Waals surface area contributed by atoms with Gasteiger partial charge < -0.3 is 15.1 Å². The Morgan fingerprint density at radius 2 is 2.00 bits per heavy atom. The van der Waals surface area contributed by atoms with Crippen molar-refractivity contribution >= 4 is 0 Å². The Labute approximate surface area is 120 Å². The number of phenols is 1. The van der Waals surface area contributed by atoms with E-state index in [9.17, 15) is 10.2 Å². The summed E-state index contributed by atoms with van der Waals surface area (Å²) in [5, 5.41) is 21.5. The minimum absolute atomic E-state index is 0.130. The van der Waals surface area contributed by atoms with Gasteiger partial charge >= 0.3 is 0 Å². The van der Waals surface area contributed by atoms with E-state index in [0.717, 1.165) is 38.6 Å². The van der Waals surface area contributed by atoms with Gasteiger partial charge in [-0.25, -0.2) is 0 Å². The topological polar surface area (TPSA) is 43.7 Å². The van der Waals surface area contributed by atoms with Crippen molar-refractivity contribution in [2.24, 2.45) is 0 Å². The number of fused-ring (bicyclic) bond motifs is 1. The Balaban J connectivity index is 1.97. The molecular formula is C17H23NO2. The van der Waals surface area contributed by atoms with Crippen molar-refractivity contribution in [3.8, 4) is 5.75 Å². The molecule has 2 fully saturated rings. The van der Waals surface area contributed by atoms with Crippen LogP contribution in [0.15, 0.2) is 18.2 Å². The van der Waals surface area contributed by atoms with E-state index in [4.69, 9.17) is 0 Å². The minimum Gasteiger partial charge on any atom is -0.508 e. The van der Waals surface area contributed by atoms with E-state index in [1.807, 2.05) is 6.07 Å². The number of aromatic hydroxyl groups is 1. The molecule has 2 N–H and O–H groups in total. The summed E-state index contributed by atoms with van der Waals surface area (Å²) < 4.78 is 0. The highest BCUT2D eigenvalue weighted by molar-refractivity contribution is 5.47. The van der Waals surface area contributed by atoms with Gasteiger partial charge in [-0.15, -0.1) is 0 Å². The number of aliphatic hydroxyl groups is 1. The second kappa shape index (κ2) is 3.99. The molecule has 108 valence electrons. The Morgan fingerprint density at radius 3 is 2.85 bits per heavy atom. The molecule has 0 spiro atoms. The summed E-state index contributed by atoms with van der Waals surface area (Å²) >= 11 is 0. The summed E-state index contributed by atoms with van der Waals surface area (Å²) in [6.45, 7) is 1.04. The lowest BCUT2D eigenvalue weighted by atomic mass is 9.49. The van der Waals surface area contributed by atoms with Crippen molar-refractivity contribution in [3.05, 3.63) is 29.3 Å². The zero-order chi connectivity index (χ0) is 14.0. The number of benzene rings is 1. The van der Waals surface area contributed by atoms with E-state index >= 15 is 0 Å². The number of likely N-dealkylation sites (tertiary alicyclic amines) is 1. The number of likely N-dealkylation sites (N-methyl/N-ethyl adjacent to an activating group) is 1. The molecule has 3 atom stereocenters. The van der Waals surface area contributed by atoms with E-state index in [0.29, 0.717) is 5.75 Å². The molecule has 1 aromatic rings. The summed E-state index contributed by atoms with van der Waals surface area (Å²) in [7, 11) is 2.15. The van der Waals surface area contributed by atoms with Crippen LogP contribution >= 0.6 is 0 Å². The second-order valence-electron chi connectivity index (χ2n) is 7.01. The third-order valence-corrected chi connectivity index (χ3v) is 6.24. The molecule has 3 aliphatic rings. The summed E-state index contributed by atoms with van der Waals surface area (Å²) in [6, 6.07) is 6.01. The number of piperidine rings is 1. The molecule has 2 bridgehead atoms. The third-order valence-electron chi connectivity index (χ3n) is 6.24. The van der Waals surface area contributed by atoms with E-state index in [1.54, 1.807) is 6.07 Å². The number of hydrogen-bond acceptors (Lipinski definition) is 3. The van der Waals surface area contributed by atoms with Crippen LogP contribution < -0.4 is 0 Å². The van der Waals surface area contributed by atoms with Crippen LogP contribution in [0.5, 0.6) is 5.75 Å². The molecule has 1 heterocycles. The maximum atomic E-state index is 11.5. The van der Waals surface area contributed by atoms with Crippen molar-refractivity contribution in [1.82, 2.24) is 4.90 Å². The molecule has 2 aliphatic carbocycles. The van der Waals surface area contributed by atoms with Crippen LogP contribution in [-0.2, 0) is 11.8 Å². The van der Waals surface area contributed by atoms with Crippen molar-refractivity contribution < 1.29 is 10.2 Å². The van der Waals surface area contributed by atoms with Crippen molar-refractivity contribution in [3.63, 3.8) is 0 Å². The van der Waals surface area contributed by atoms with Gasteiger partial charge in [0.2, 0.25) is 0 Å². The first kappa shape index (κ1) is 12.7. The zero-order valence-corrected chi connectivity index (χ0v) is 12.1. The lowest BCUT2D eigenvalue weighted by Gasteiger charge is -2.63. The fourth-order valence-electron chi connectivity index (χ4n) is 5.22. The van der Waals surface area contributed by atoms with Gasteiger partial charge in [0.05, 0.1) is 5.60 Å². The molecule has 0 amide bonds. The molecule has 1 aliphatic heterocycles. The SMILES string of the molecule is CN1CCC23CCCC[C@@]2(O)[C@H]1Cc1ccc(O)cc13. The fraction of sp³-hybridized carbons (Fsp3) is 0.647. The molecule has 1 aromatic carbocycles. The molecule has 0 radical (unpaired) electrons. The Bertz CT molecular complexity index is 558. The number of nitrogens with zero attached hydrogens (tertiary/aromatic N) is 1. The summed E-state index contributed by atoms with van der Waals surface area (Å²) in [5.74, 6) is 0.337. The van der Waals surface area contributed by atoms with Gasteiger partial charge in [-0.3, -0.25) is 0 Å². The average Bonchev–Trinajstić information content (AvgIpc) is 2.43. The average molecular weight is 273 g/mol.